The molecule has 2 saturated carbocycles. The Morgan fingerprint density at radius 1 is 1.41 bits per heavy atom. The Labute approximate surface area is 103 Å². The molecule has 3 atom stereocenters. The fourth-order valence-electron chi connectivity index (χ4n) is 3.80. The number of urea groups is 1. The standard InChI is InChI=1S/C13H24N2O2/c1-12(2)9-4-5-13(12,3)10(8-9)15-11(17)14-6-7-16/h9-10,16H,4-8H2,1-3H3,(H2,14,15,17). The van der Waals surface area contributed by atoms with Crippen molar-refractivity contribution in [3.8, 4) is 0 Å². The number of amides is 2. The van der Waals surface area contributed by atoms with Crippen molar-refractivity contribution in [3.63, 3.8) is 0 Å². The number of aliphatic hydroxyl groups is 1. The monoisotopic (exact) mass is 240 g/mol. The fourth-order valence-corrected chi connectivity index (χ4v) is 3.80. The first-order valence-corrected chi connectivity index (χ1v) is 6.57. The Morgan fingerprint density at radius 2 is 2.12 bits per heavy atom. The molecule has 2 bridgehead atoms. The Bertz CT molecular complexity index is 317. The minimum absolute atomic E-state index is 0.0104. The molecule has 4 nitrogen and oxygen atoms in total. The summed E-state index contributed by atoms with van der Waals surface area (Å²) in [6, 6.07) is 0.128. The average molecular weight is 240 g/mol. The number of fused-ring (bicyclic) bond motifs is 2. The number of hydrogen-bond acceptors (Lipinski definition) is 2. The number of carbonyl (C=O) groups is 1. The molecule has 0 aliphatic heterocycles. The van der Waals surface area contributed by atoms with Crippen LogP contribution in [0.3, 0.4) is 0 Å². The number of hydrogen-bond donors (Lipinski definition) is 3. The SMILES string of the molecule is CC1(C)C2CCC1(C)C(NC(=O)NCCO)C2. The first-order valence-electron chi connectivity index (χ1n) is 6.57. The third-order valence-corrected chi connectivity index (χ3v) is 5.50. The van der Waals surface area contributed by atoms with Gasteiger partial charge in [0.2, 0.25) is 0 Å². The van der Waals surface area contributed by atoms with Crippen LogP contribution in [-0.2, 0) is 0 Å². The van der Waals surface area contributed by atoms with Gasteiger partial charge in [-0.15, -0.1) is 0 Å². The topological polar surface area (TPSA) is 61.4 Å². The van der Waals surface area contributed by atoms with Crippen LogP contribution in [0.25, 0.3) is 0 Å². The lowest BCUT2D eigenvalue weighted by atomic mass is 9.69. The molecule has 2 aliphatic rings. The van der Waals surface area contributed by atoms with Crippen molar-refractivity contribution in [1.29, 1.82) is 0 Å². The molecule has 0 heterocycles. The summed E-state index contributed by atoms with van der Waals surface area (Å²) in [5.74, 6) is 0.732. The van der Waals surface area contributed by atoms with Gasteiger partial charge in [0.05, 0.1) is 6.61 Å². The van der Waals surface area contributed by atoms with E-state index in [2.05, 4.69) is 31.4 Å². The van der Waals surface area contributed by atoms with Crippen molar-refractivity contribution in [1.82, 2.24) is 10.6 Å². The molecule has 3 unspecified atom stereocenters. The molecule has 0 saturated heterocycles. The minimum atomic E-state index is -0.145. The highest BCUT2D eigenvalue weighted by Gasteiger charge is 2.61. The molecular weight excluding hydrogens is 216 g/mol. The molecule has 0 aromatic heterocycles. The normalized spacial score (nSPS) is 38.1. The van der Waals surface area contributed by atoms with Gasteiger partial charge in [-0.3, -0.25) is 0 Å². The van der Waals surface area contributed by atoms with Gasteiger partial charge in [-0.1, -0.05) is 20.8 Å². The van der Waals surface area contributed by atoms with Gasteiger partial charge in [0.1, 0.15) is 0 Å². The van der Waals surface area contributed by atoms with Crippen molar-refractivity contribution in [2.75, 3.05) is 13.2 Å². The van der Waals surface area contributed by atoms with Crippen LogP contribution >= 0.6 is 0 Å². The smallest absolute Gasteiger partial charge is 0.315 e. The van der Waals surface area contributed by atoms with E-state index in [9.17, 15) is 4.79 Å². The maximum absolute atomic E-state index is 11.7. The van der Waals surface area contributed by atoms with E-state index in [4.69, 9.17) is 5.11 Å². The van der Waals surface area contributed by atoms with E-state index in [1.54, 1.807) is 0 Å². The second-order valence-corrected chi connectivity index (χ2v) is 6.29. The lowest BCUT2D eigenvalue weighted by molar-refractivity contribution is 0.123. The van der Waals surface area contributed by atoms with Crippen LogP contribution in [0.4, 0.5) is 4.79 Å². The molecule has 98 valence electrons. The number of rotatable bonds is 3. The zero-order chi connectivity index (χ0) is 12.7. The van der Waals surface area contributed by atoms with Crippen LogP contribution in [0.15, 0.2) is 0 Å². The fraction of sp³-hybridized carbons (Fsp3) is 0.923. The largest absolute Gasteiger partial charge is 0.395 e. The average Bonchev–Trinajstić information content (AvgIpc) is 2.59. The van der Waals surface area contributed by atoms with Crippen LogP contribution in [0.2, 0.25) is 0 Å². The highest BCUT2D eigenvalue weighted by molar-refractivity contribution is 5.74. The zero-order valence-corrected chi connectivity index (χ0v) is 11.0. The first-order chi connectivity index (χ1) is 7.91. The third kappa shape index (κ3) is 1.82. The number of carbonyl (C=O) groups excluding carboxylic acids is 1. The molecule has 0 aromatic rings. The molecule has 2 aliphatic carbocycles. The van der Waals surface area contributed by atoms with Gasteiger partial charge in [0.25, 0.3) is 0 Å². The van der Waals surface area contributed by atoms with Crippen LogP contribution < -0.4 is 10.6 Å². The summed E-state index contributed by atoms with van der Waals surface area (Å²) < 4.78 is 0. The minimum Gasteiger partial charge on any atom is -0.395 e. The molecule has 0 spiro atoms. The zero-order valence-electron chi connectivity index (χ0n) is 11.0. The van der Waals surface area contributed by atoms with E-state index in [1.165, 1.54) is 12.8 Å². The van der Waals surface area contributed by atoms with Crippen molar-refractivity contribution >= 4 is 6.03 Å². The second kappa shape index (κ2) is 4.16. The molecule has 2 rings (SSSR count). The Balaban J connectivity index is 1.98. The predicted molar refractivity (Wildman–Crippen MR) is 66.6 cm³/mol. The van der Waals surface area contributed by atoms with Crippen LogP contribution in [0, 0.1) is 16.7 Å². The third-order valence-electron chi connectivity index (χ3n) is 5.50. The molecule has 0 aromatic carbocycles. The Kier molecular flexibility index (Phi) is 3.10. The van der Waals surface area contributed by atoms with E-state index in [1.807, 2.05) is 0 Å². The second-order valence-electron chi connectivity index (χ2n) is 6.29. The quantitative estimate of drug-likeness (QED) is 0.700. The predicted octanol–water partition coefficient (Wildman–Crippen LogP) is 1.49. The van der Waals surface area contributed by atoms with E-state index in [-0.39, 0.29) is 24.1 Å². The lowest BCUT2D eigenvalue weighted by Gasteiger charge is -2.39. The number of nitrogens with one attached hydrogen (secondary N) is 2. The molecule has 3 N–H and O–H groups in total. The van der Waals surface area contributed by atoms with Gasteiger partial charge < -0.3 is 15.7 Å². The highest BCUT2D eigenvalue weighted by Crippen LogP contribution is 2.65. The van der Waals surface area contributed by atoms with Crippen molar-refractivity contribution in [2.24, 2.45) is 16.7 Å². The lowest BCUT2D eigenvalue weighted by Crippen LogP contribution is -2.50. The van der Waals surface area contributed by atoms with E-state index in [0.29, 0.717) is 12.0 Å². The summed E-state index contributed by atoms with van der Waals surface area (Å²) in [5.41, 5.74) is 0.538. The molecule has 2 fully saturated rings. The maximum atomic E-state index is 11.7. The van der Waals surface area contributed by atoms with Crippen LogP contribution in [0.1, 0.15) is 40.0 Å². The summed E-state index contributed by atoms with van der Waals surface area (Å²) in [6.07, 6.45) is 3.59. The van der Waals surface area contributed by atoms with E-state index in [0.717, 1.165) is 12.3 Å². The highest BCUT2D eigenvalue weighted by atomic mass is 16.3. The first kappa shape index (κ1) is 12.7. The van der Waals surface area contributed by atoms with Crippen molar-refractivity contribution < 1.29 is 9.90 Å². The summed E-state index contributed by atoms with van der Waals surface area (Å²) in [7, 11) is 0. The van der Waals surface area contributed by atoms with Gasteiger partial charge in [-0.05, 0) is 36.0 Å². The Hall–Kier alpha value is -0.770. The van der Waals surface area contributed by atoms with Gasteiger partial charge in [0.15, 0.2) is 0 Å². The molecule has 17 heavy (non-hydrogen) atoms. The summed E-state index contributed by atoms with van der Waals surface area (Å²) in [4.78, 5) is 11.7. The molecule has 4 heteroatoms. The maximum Gasteiger partial charge on any atom is 0.315 e. The van der Waals surface area contributed by atoms with Gasteiger partial charge in [-0.2, -0.15) is 0 Å². The van der Waals surface area contributed by atoms with E-state index < -0.39 is 0 Å². The molecule has 0 radical (unpaired) electrons. The molecular formula is C13H24N2O2. The summed E-state index contributed by atoms with van der Waals surface area (Å²) in [6.45, 7) is 7.28. The van der Waals surface area contributed by atoms with Gasteiger partial charge in [0, 0.05) is 12.6 Å². The van der Waals surface area contributed by atoms with E-state index >= 15 is 0 Å². The van der Waals surface area contributed by atoms with Gasteiger partial charge in [-0.25, -0.2) is 4.79 Å². The van der Waals surface area contributed by atoms with Crippen molar-refractivity contribution in [2.45, 2.75) is 46.1 Å². The van der Waals surface area contributed by atoms with Crippen LogP contribution in [0.5, 0.6) is 0 Å². The summed E-state index contributed by atoms with van der Waals surface area (Å²) in [5, 5.41) is 14.4. The Morgan fingerprint density at radius 3 is 2.59 bits per heavy atom. The van der Waals surface area contributed by atoms with Gasteiger partial charge >= 0.3 is 6.03 Å². The molecule has 2 amide bonds. The number of aliphatic hydroxyl groups excluding tert-OH is 1. The van der Waals surface area contributed by atoms with Crippen molar-refractivity contribution in [3.05, 3.63) is 0 Å². The van der Waals surface area contributed by atoms with Crippen LogP contribution in [-0.4, -0.2) is 30.3 Å². The summed E-state index contributed by atoms with van der Waals surface area (Å²) >= 11 is 0.